The average molecular weight is 569 g/mol. The van der Waals surface area contributed by atoms with Gasteiger partial charge in [0.05, 0.1) is 13.7 Å². The van der Waals surface area contributed by atoms with Gasteiger partial charge in [-0.2, -0.15) is 0 Å². The predicted octanol–water partition coefficient (Wildman–Crippen LogP) is 6.38. The lowest BCUT2D eigenvalue weighted by molar-refractivity contribution is -0.133. The maximum Gasteiger partial charge on any atom is 0.254 e. The molecule has 0 bridgehead atoms. The second-order valence-corrected chi connectivity index (χ2v) is 10.3. The number of hydrogen-bond donors (Lipinski definition) is 0. The van der Waals surface area contributed by atoms with Crippen molar-refractivity contribution in [3.05, 3.63) is 88.2 Å². The molecule has 0 saturated heterocycles. The van der Waals surface area contributed by atoms with Crippen LogP contribution in [0.2, 0.25) is 0 Å². The van der Waals surface area contributed by atoms with E-state index >= 15 is 0 Å². The van der Waals surface area contributed by atoms with E-state index in [0.717, 1.165) is 36.0 Å². The highest BCUT2D eigenvalue weighted by molar-refractivity contribution is 9.10. The second kappa shape index (κ2) is 14.0. The van der Waals surface area contributed by atoms with E-state index in [9.17, 15) is 9.59 Å². The molecule has 0 aliphatic heterocycles. The van der Waals surface area contributed by atoms with Gasteiger partial charge in [0.1, 0.15) is 12.3 Å². The fraction of sp³-hybridized carbons (Fsp3) is 0.400. The van der Waals surface area contributed by atoms with Crippen molar-refractivity contribution in [1.29, 1.82) is 0 Å². The number of halogens is 1. The first-order chi connectivity index (χ1) is 17.9. The van der Waals surface area contributed by atoms with E-state index in [-0.39, 0.29) is 24.4 Å². The maximum atomic E-state index is 13.6. The molecule has 3 aromatic rings. The number of carbonyl (C=O) groups is 2. The third-order valence-electron chi connectivity index (χ3n) is 6.70. The van der Waals surface area contributed by atoms with Gasteiger partial charge in [0.2, 0.25) is 5.91 Å². The van der Waals surface area contributed by atoms with Crippen molar-refractivity contribution in [3.8, 4) is 5.75 Å². The highest BCUT2D eigenvalue weighted by Crippen LogP contribution is 2.18. The van der Waals surface area contributed by atoms with Crippen molar-refractivity contribution in [2.75, 3.05) is 20.2 Å². The van der Waals surface area contributed by atoms with Crippen LogP contribution in [0.4, 0.5) is 0 Å². The van der Waals surface area contributed by atoms with Crippen molar-refractivity contribution in [2.24, 2.45) is 0 Å². The monoisotopic (exact) mass is 567 g/mol. The zero-order valence-corrected chi connectivity index (χ0v) is 23.9. The van der Waals surface area contributed by atoms with Gasteiger partial charge < -0.3 is 19.1 Å². The number of aromatic nitrogens is 1. The van der Waals surface area contributed by atoms with Gasteiger partial charge in [-0.3, -0.25) is 9.59 Å². The van der Waals surface area contributed by atoms with Crippen LogP contribution in [-0.2, 0) is 17.9 Å². The SMILES string of the molecule is CCCCN(Cc1cccn1Cc1ccc(Br)cc1)C(=O)CN(C(=O)c1ccc(OC)cc1)C(C)CC. The highest BCUT2D eigenvalue weighted by atomic mass is 79.9. The summed E-state index contributed by atoms with van der Waals surface area (Å²) in [5, 5.41) is 0. The van der Waals surface area contributed by atoms with Crippen LogP contribution in [0.3, 0.4) is 0 Å². The van der Waals surface area contributed by atoms with Crippen LogP contribution in [0, 0.1) is 0 Å². The minimum absolute atomic E-state index is 0.0352. The topological polar surface area (TPSA) is 54.8 Å². The van der Waals surface area contributed by atoms with Gasteiger partial charge >= 0.3 is 0 Å². The Labute approximate surface area is 229 Å². The molecule has 198 valence electrons. The Morgan fingerprint density at radius 3 is 2.35 bits per heavy atom. The van der Waals surface area contributed by atoms with Crippen molar-refractivity contribution in [1.82, 2.24) is 14.4 Å². The Balaban J connectivity index is 1.77. The third kappa shape index (κ3) is 7.96. The molecule has 37 heavy (non-hydrogen) atoms. The van der Waals surface area contributed by atoms with Gasteiger partial charge in [-0.15, -0.1) is 0 Å². The van der Waals surface area contributed by atoms with Crippen molar-refractivity contribution in [3.63, 3.8) is 0 Å². The van der Waals surface area contributed by atoms with E-state index in [4.69, 9.17) is 4.74 Å². The molecule has 1 heterocycles. The zero-order chi connectivity index (χ0) is 26.8. The van der Waals surface area contributed by atoms with Gasteiger partial charge in [0.15, 0.2) is 0 Å². The number of hydrogen-bond acceptors (Lipinski definition) is 3. The van der Waals surface area contributed by atoms with Crippen molar-refractivity contribution >= 4 is 27.7 Å². The summed E-state index contributed by atoms with van der Waals surface area (Å²) in [6.07, 6.45) is 4.72. The number of nitrogens with zero attached hydrogens (tertiary/aromatic N) is 3. The maximum absolute atomic E-state index is 13.6. The normalized spacial score (nSPS) is 11.7. The lowest BCUT2D eigenvalue weighted by atomic mass is 10.1. The minimum atomic E-state index is -0.139. The van der Waals surface area contributed by atoms with E-state index in [1.165, 1.54) is 5.56 Å². The molecular weight excluding hydrogens is 530 g/mol. The van der Waals surface area contributed by atoms with Crippen LogP contribution in [-0.4, -0.2) is 52.4 Å². The van der Waals surface area contributed by atoms with E-state index < -0.39 is 0 Å². The Kier molecular flexibility index (Phi) is 10.8. The summed E-state index contributed by atoms with van der Waals surface area (Å²) in [6, 6.07) is 19.4. The highest BCUT2D eigenvalue weighted by Gasteiger charge is 2.26. The average Bonchev–Trinajstić information content (AvgIpc) is 3.36. The molecule has 1 atom stereocenters. The minimum Gasteiger partial charge on any atom is -0.497 e. The first kappa shape index (κ1) is 28.5. The van der Waals surface area contributed by atoms with Gasteiger partial charge in [0.25, 0.3) is 5.91 Å². The molecule has 2 amide bonds. The van der Waals surface area contributed by atoms with Crippen LogP contribution in [0.15, 0.2) is 71.3 Å². The number of ether oxygens (including phenoxy) is 1. The Bertz CT molecular complexity index is 1140. The lowest BCUT2D eigenvalue weighted by Gasteiger charge is -2.31. The fourth-order valence-corrected chi connectivity index (χ4v) is 4.43. The molecule has 6 nitrogen and oxygen atoms in total. The van der Waals surface area contributed by atoms with Gasteiger partial charge in [0, 0.05) is 41.1 Å². The molecule has 1 unspecified atom stereocenters. The molecule has 7 heteroatoms. The van der Waals surface area contributed by atoms with E-state index in [1.807, 2.05) is 36.9 Å². The van der Waals surface area contributed by atoms with Crippen LogP contribution < -0.4 is 4.74 Å². The summed E-state index contributed by atoms with van der Waals surface area (Å²) >= 11 is 3.49. The van der Waals surface area contributed by atoms with Gasteiger partial charge in [-0.05, 0) is 73.9 Å². The predicted molar refractivity (Wildman–Crippen MR) is 152 cm³/mol. The van der Waals surface area contributed by atoms with Gasteiger partial charge in [-0.25, -0.2) is 0 Å². The number of carbonyl (C=O) groups excluding carboxylic acids is 2. The Morgan fingerprint density at radius 1 is 1.03 bits per heavy atom. The third-order valence-corrected chi connectivity index (χ3v) is 7.23. The molecule has 0 aliphatic rings. The molecule has 0 N–H and O–H groups in total. The number of benzene rings is 2. The number of rotatable bonds is 13. The molecule has 0 radical (unpaired) electrons. The van der Waals surface area contributed by atoms with E-state index in [1.54, 1.807) is 36.3 Å². The van der Waals surface area contributed by atoms with Crippen LogP contribution in [0.5, 0.6) is 5.75 Å². The fourth-order valence-electron chi connectivity index (χ4n) is 4.16. The van der Waals surface area contributed by atoms with Crippen molar-refractivity contribution in [2.45, 2.75) is 59.2 Å². The largest absolute Gasteiger partial charge is 0.497 e. The zero-order valence-electron chi connectivity index (χ0n) is 22.3. The molecule has 0 spiro atoms. The molecule has 3 rings (SSSR count). The smallest absolute Gasteiger partial charge is 0.254 e. The number of amides is 2. The van der Waals surface area contributed by atoms with Crippen LogP contribution in [0.1, 0.15) is 61.6 Å². The molecule has 2 aromatic carbocycles. The standard InChI is InChI=1S/C30H38BrN3O3/c1-5-7-18-33(21-27-9-8-19-32(27)20-24-10-14-26(31)15-11-24)29(35)22-34(23(3)6-2)30(36)25-12-16-28(37-4)17-13-25/h8-17,19,23H,5-7,18,20-22H2,1-4H3. The summed E-state index contributed by atoms with van der Waals surface area (Å²) in [5.74, 6) is 0.519. The molecule has 1 aromatic heterocycles. The second-order valence-electron chi connectivity index (χ2n) is 9.34. The number of unbranched alkanes of at least 4 members (excludes halogenated alkanes) is 1. The van der Waals surface area contributed by atoms with Crippen LogP contribution in [0.25, 0.3) is 0 Å². The lowest BCUT2D eigenvalue weighted by Crippen LogP contribution is -2.46. The molecule has 0 aliphatic carbocycles. The summed E-state index contributed by atoms with van der Waals surface area (Å²) in [7, 11) is 1.60. The Morgan fingerprint density at radius 2 is 1.73 bits per heavy atom. The quantitative estimate of drug-likeness (QED) is 0.241. The Hall–Kier alpha value is -3.06. The summed E-state index contributed by atoms with van der Waals surface area (Å²) in [6.45, 7) is 8.11. The molecule has 0 fully saturated rings. The van der Waals surface area contributed by atoms with E-state index in [0.29, 0.717) is 24.4 Å². The van der Waals surface area contributed by atoms with E-state index in [2.05, 4.69) is 51.8 Å². The molecular formula is C30H38BrN3O3. The summed E-state index contributed by atoms with van der Waals surface area (Å²) < 4.78 is 8.46. The number of methoxy groups -OCH3 is 1. The molecule has 0 saturated carbocycles. The summed E-state index contributed by atoms with van der Waals surface area (Å²) in [5.41, 5.74) is 2.82. The first-order valence-electron chi connectivity index (χ1n) is 13.0. The first-order valence-corrected chi connectivity index (χ1v) is 13.8. The summed E-state index contributed by atoms with van der Waals surface area (Å²) in [4.78, 5) is 30.7. The van der Waals surface area contributed by atoms with Crippen molar-refractivity contribution < 1.29 is 14.3 Å². The van der Waals surface area contributed by atoms with Gasteiger partial charge in [-0.1, -0.05) is 48.3 Å². The van der Waals surface area contributed by atoms with Crippen LogP contribution >= 0.6 is 15.9 Å².